The van der Waals surface area contributed by atoms with Gasteiger partial charge in [-0.1, -0.05) is 52.7 Å². The Balaban J connectivity index is 1.44. The SMILES string of the molecule is Cc1ccc(NC(=O)N2Cc3[nH]cnc3C[C@H]2c2nc(-c3ccc(C)cc3)no2)cc1. The molecule has 8 heteroatoms. The van der Waals surface area contributed by atoms with Gasteiger partial charge in [-0.2, -0.15) is 4.98 Å². The second-order valence-corrected chi connectivity index (χ2v) is 7.79. The fraction of sp³-hybridized carbons (Fsp3) is 0.217. The number of nitrogens with zero attached hydrogens (tertiary/aromatic N) is 4. The number of aromatic amines is 1. The van der Waals surface area contributed by atoms with Crippen LogP contribution >= 0.6 is 0 Å². The minimum Gasteiger partial charge on any atom is -0.347 e. The number of carbonyl (C=O) groups is 1. The first-order chi connectivity index (χ1) is 15.1. The molecule has 4 aromatic rings. The number of carbonyl (C=O) groups excluding carboxylic acids is 1. The Morgan fingerprint density at radius 2 is 1.81 bits per heavy atom. The van der Waals surface area contributed by atoms with Gasteiger partial charge in [0.05, 0.1) is 24.3 Å². The zero-order valence-corrected chi connectivity index (χ0v) is 17.3. The first-order valence-electron chi connectivity index (χ1n) is 10.1. The average molecular weight is 414 g/mol. The Hall–Kier alpha value is -3.94. The van der Waals surface area contributed by atoms with Gasteiger partial charge < -0.3 is 19.7 Å². The highest BCUT2D eigenvalue weighted by molar-refractivity contribution is 5.89. The van der Waals surface area contributed by atoms with Gasteiger partial charge in [0.25, 0.3) is 0 Å². The van der Waals surface area contributed by atoms with Crippen molar-refractivity contribution in [2.75, 3.05) is 5.32 Å². The van der Waals surface area contributed by atoms with E-state index in [1.165, 1.54) is 0 Å². The second-order valence-electron chi connectivity index (χ2n) is 7.79. The van der Waals surface area contributed by atoms with Gasteiger partial charge in [0, 0.05) is 17.7 Å². The number of anilines is 1. The maximum Gasteiger partial charge on any atom is 0.322 e. The van der Waals surface area contributed by atoms with Crippen molar-refractivity contribution in [1.82, 2.24) is 25.0 Å². The van der Waals surface area contributed by atoms with Crippen LogP contribution in [0.1, 0.15) is 34.4 Å². The molecule has 1 aliphatic heterocycles. The lowest BCUT2D eigenvalue weighted by atomic mass is 10.0. The van der Waals surface area contributed by atoms with Crippen LogP contribution in [0, 0.1) is 13.8 Å². The highest BCUT2D eigenvalue weighted by Crippen LogP contribution is 2.32. The fourth-order valence-corrected chi connectivity index (χ4v) is 3.69. The molecule has 156 valence electrons. The van der Waals surface area contributed by atoms with E-state index in [0.29, 0.717) is 24.7 Å². The highest BCUT2D eigenvalue weighted by atomic mass is 16.5. The smallest absolute Gasteiger partial charge is 0.322 e. The summed E-state index contributed by atoms with van der Waals surface area (Å²) in [5.41, 5.74) is 5.70. The summed E-state index contributed by atoms with van der Waals surface area (Å²) in [4.78, 5) is 27.0. The normalized spacial score (nSPS) is 15.5. The summed E-state index contributed by atoms with van der Waals surface area (Å²) >= 11 is 0. The lowest BCUT2D eigenvalue weighted by Gasteiger charge is -2.32. The number of hydrogen-bond donors (Lipinski definition) is 2. The van der Waals surface area contributed by atoms with E-state index in [1.54, 1.807) is 11.2 Å². The van der Waals surface area contributed by atoms with Crippen LogP contribution < -0.4 is 5.32 Å². The topological polar surface area (TPSA) is 99.9 Å². The van der Waals surface area contributed by atoms with E-state index >= 15 is 0 Å². The van der Waals surface area contributed by atoms with Crippen molar-refractivity contribution in [2.45, 2.75) is 32.9 Å². The van der Waals surface area contributed by atoms with Crippen molar-refractivity contribution in [3.63, 3.8) is 0 Å². The number of amides is 2. The number of benzene rings is 2. The molecule has 2 aromatic heterocycles. The first kappa shape index (κ1) is 19.0. The van der Waals surface area contributed by atoms with Gasteiger partial charge in [-0.05, 0) is 26.0 Å². The van der Waals surface area contributed by atoms with Crippen LogP contribution in [-0.4, -0.2) is 31.0 Å². The molecule has 2 amide bonds. The van der Waals surface area contributed by atoms with Crippen molar-refractivity contribution >= 4 is 11.7 Å². The Kier molecular flexibility index (Phi) is 4.74. The number of imidazole rings is 1. The van der Waals surface area contributed by atoms with Crippen LogP contribution in [0.5, 0.6) is 0 Å². The third-order valence-corrected chi connectivity index (χ3v) is 5.50. The van der Waals surface area contributed by atoms with E-state index in [2.05, 4.69) is 25.4 Å². The molecule has 5 rings (SSSR count). The maximum atomic E-state index is 13.2. The van der Waals surface area contributed by atoms with E-state index in [-0.39, 0.29) is 6.03 Å². The highest BCUT2D eigenvalue weighted by Gasteiger charge is 2.36. The summed E-state index contributed by atoms with van der Waals surface area (Å²) in [5, 5.41) is 7.12. The molecule has 1 atom stereocenters. The summed E-state index contributed by atoms with van der Waals surface area (Å²) in [6.45, 7) is 4.41. The number of aryl methyl sites for hydroxylation is 2. The summed E-state index contributed by atoms with van der Waals surface area (Å²) in [5.74, 6) is 0.894. The number of aromatic nitrogens is 4. The van der Waals surface area contributed by atoms with Crippen LogP contribution in [0.15, 0.2) is 59.4 Å². The molecule has 0 bridgehead atoms. The molecule has 0 aliphatic carbocycles. The van der Waals surface area contributed by atoms with Crippen molar-refractivity contribution in [3.05, 3.63) is 83.3 Å². The number of H-pyrrole nitrogens is 1. The third-order valence-electron chi connectivity index (χ3n) is 5.50. The van der Waals surface area contributed by atoms with Crippen LogP contribution in [0.2, 0.25) is 0 Å². The van der Waals surface area contributed by atoms with Crippen LogP contribution in [0.4, 0.5) is 10.5 Å². The van der Waals surface area contributed by atoms with E-state index in [9.17, 15) is 4.79 Å². The quantitative estimate of drug-likeness (QED) is 0.517. The number of fused-ring (bicyclic) bond motifs is 1. The van der Waals surface area contributed by atoms with E-state index in [0.717, 1.165) is 33.8 Å². The van der Waals surface area contributed by atoms with Gasteiger partial charge in [-0.3, -0.25) is 0 Å². The zero-order valence-electron chi connectivity index (χ0n) is 17.3. The van der Waals surface area contributed by atoms with E-state index in [1.807, 2.05) is 62.4 Å². The van der Waals surface area contributed by atoms with Crippen LogP contribution in [0.25, 0.3) is 11.4 Å². The van der Waals surface area contributed by atoms with Gasteiger partial charge in [0.2, 0.25) is 11.7 Å². The molecule has 0 fully saturated rings. The zero-order chi connectivity index (χ0) is 21.4. The van der Waals surface area contributed by atoms with Crippen LogP contribution in [-0.2, 0) is 13.0 Å². The van der Waals surface area contributed by atoms with Gasteiger partial charge in [0.15, 0.2) is 0 Å². The molecular weight excluding hydrogens is 392 g/mol. The summed E-state index contributed by atoms with van der Waals surface area (Å²) in [7, 11) is 0. The molecular formula is C23H22N6O2. The minimum atomic E-state index is -0.409. The Bertz CT molecular complexity index is 1210. The number of nitrogens with one attached hydrogen (secondary N) is 2. The van der Waals surface area contributed by atoms with Gasteiger partial charge in [-0.25, -0.2) is 9.78 Å². The summed E-state index contributed by atoms with van der Waals surface area (Å²) in [6, 6.07) is 15.0. The largest absolute Gasteiger partial charge is 0.347 e. The van der Waals surface area contributed by atoms with Gasteiger partial charge in [0.1, 0.15) is 6.04 Å². The molecule has 0 spiro atoms. The van der Waals surface area contributed by atoms with E-state index in [4.69, 9.17) is 4.52 Å². The molecule has 8 nitrogen and oxygen atoms in total. The lowest BCUT2D eigenvalue weighted by molar-refractivity contribution is 0.155. The molecule has 2 aromatic carbocycles. The molecule has 0 unspecified atom stereocenters. The lowest BCUT2D eigenvalue weighted by Crippen LogP contribution is -2.41. The molecule has 3 heterocycles. The number of rotatable bonds is 3. The second kappa shape index (κ2) is 7.71. The standard InChI is InChI=1S/C23H22N6O2/c1-14-3-7-16(8-4-14)21-27-22(31-28-21)20-11-18-19(25-13-24-18)12-29(20)23(30)26-17-9-5-15(2)6-10-17/h3-10,13,20H,11-12H2,1-2H3,(H,24,25)(H,26,30)/t20-/m0/s1. The fourth-order valence-electron chi connectivity index (χ4n) is 3.69. The van der Waals surface area contributed by atoms with Crippen LogP contribution in [0.3, 0.4) is 0 Å². The van der Waals surface area contributed by atoms with Crippen molar-refractivity contribution in [1.29, 1.82) is 0 Å². The van der Waals surface area contributed by atoms with Gasteiger partial charge >= 0.3 is 6.03 Å². The molecule has 1 aliphatic rings. The summed E-state index contributed by atoms with van der Waals surface area (Å²) in [6.07, 6.45) is 2.14. The molecule has 2 N–H and O–H groups in total. The number of urea groups is 1. The Morgan fingerprint density at radius 3 is 2.55 bits per heavy atom. The molecule has 0 radical (unpaired) electrons. The minimum absolute atomic E-state index is 0.232. The predicted octanol–water partition coefficient (Wildman–Crippen LogP) is 4.41. The molecule has 0 saturated carbocycles. The molecule has 0 saturated heterocycles. The van der Waals surface area contributed by atoms with Crippen molar-refractivity contribution < 1.29 is 9.32 Å². The monoisotopic (exact) mass is 414 g/mol. The van der Waals surface area contributed by atoms with Crippen molar-refractivity contribution in [3.8, 4) is 11.4 Å². The Labute approximate surface area is 179 Å². The van der Waals surface area contributed by atoms with Gasteiger partial charge in [-0.15, -0.1) is 0 Å². The predicted molar refractivity (Wildman–Crippen MR) is 115 cm³/mol. The third kappa shape index (κ3) is 3.79. The number of hydrogen-bond acceptors (Lipinski definition) is 5. The average Bonchev–Trinajstić information content (AvgIpc) is 3.44. The maximum absolute atomic E-state index is 13.2. The first-order valence-corrected chi connectivity index (χ1v) is 10.1. The van der Waals surface area contributed by atoms with Crippen molar-refractivity contribution in [2.24, 2.45) is 0 Å². The van der Waals surface area contributed by atoms with E-state index < -0.39 is 6.04 Å². The molecule has 31 heavy (non-hydrogen) atoms. The Morgan fingerprint density at radius 1 is 1.10 bits per heavy atom. The summed E-state index contributed by atoms with van der Waals surface area (Å²) < 4.78 is 5.61.